The average molecular weight is 286 g/mol. The zero-order valence-electron chi connectivity index (χ0n) is 11.0. The lowest BCUT2D eigenvalue weighted by Crippen LogP contribution is -2.13. The van der Waals surface area contributed by atoms with Gasteiger partial charge in [-0.3, -0.25) is 4.79 Å². The summed E-state index contributed by atoms with van der Waals surface area (Å²) in [7, 11) is 0. The molecule has 20 heavy (non-hydrogen) atoms. The Balaban J connectivity index is 2.65. The summed E-state index contributed by atoms with van der Waals surface area (Å²) >= 11 is 0. The monoisotopic (exact) mass is 286 g/mol. The van der Waals surface area contributed by atoms with E-state index >= 15 is 0 Å². The van der Waals surface area contributed by atoms with Gasteiger partial charge in [0, 0.05) is 11.6 Å². The lowest BCUT2D eigenvalue weighted by Gasteiger charge is -2.07. The van der Waals surface area contributed by atoms with Gasteiger partial charge in [-0.1, -0.05) is 17.7 Å². The summed E-state index contributed by atoms with van der Waals surface area (Å²) in [4.78, 5) is 22.8. The predicted molar refractivity (Wildman–Crippen MR) is 66.2 cm³/mol. The smallest absolute Gasteiger partial charge is 0.416 e. The molecule has 0 saturated carbocycles. The molecule has 0 bridgehead atoms. The molecule has 1 rings (SSSR count). The number of halogens is 3. The van der Waals surface area contributed by atoms with Crippen molar-refractivity contribution in [3.63, 3.8) is 0 Å². The Hall–Kier alpha value is -2.11. The molecule has 0 aliphatic rings. The Morgan fingerprint density at radius 2 is 1.70 bits per heavy atom. The maximum atomic E-state index is 12.3. The fourth-order valence-corrected chi connectivity index (χ4v) is 1.34. The van der Waals surface area contributed by atoms with Crippen molar-refractivity contribution >= 4 is 11.8 Å². The lowest BCUT2D eigenvalue weighted by atomic mass is 10.1. The molecule has 0 saturated heterocycles. The molecule has 108 valence electrons. The van der Waals surface area contributed by atoms with Crippen molar-refractivity contribution in [3.05, 3.63) is 47.0 Å². The fraction of sp³-hybridized carbons (Fsp3) is 0.286. The largest absolute Gasteiger partial charge is 0.454 e. The molecule has 0 spiro atoms. The topological polar surface area (TPSA) is 43.4 Å². The first kappa shape index (κ1) is 15.9. The standard InChI is InChI=1S/C14H13F3O3/c1-9(2)7-13(19)20-8-12(18)10-3-5-11(6-4-10)14(15,16)17/h3-7H,8H2,1-2H3. The first-order valence-electron chi connectivity index (χ1n) is 5.72. The molecule has 0 unspecified atom stereocenters. The molecule has 0 aliphatic carbocycles. The third kappa shape index (κ3) is 4.87. The average Bonchev–Trinajstić information content (AvgIpc) is 2.34. The normalized spacial score (nSPS) is 10.8. The van der Waals surface area contributed by atoms with Crippen LogP contribution in [-0.4, -0.2) is 18.4 Å². The van der Waals surface area contributed by atoms with Gasteiger partial charge in [0.15, 0.2) is 12.4 Å². The SMILES string of the molecule is CC(C)=CC(=O)OCC(=O)c1ccc(C(F)(F)F)cc1. The molecule has 0 N–H and O–H groups in total. The highest BCUT2D eigenvalue weighted by Gasteiger charge is 2.30. The van der Waals surface area contributed by atoms with E-state index in [1.54, 1.807) is 13.8 Å². The van der Waals surface area contributed by atoms with Crippen LogP contribution in [0.4, 0.5) is 13.2 Å². The van der Waals surface area contributed by atoms with Gasteiger partial charge >= 0.3 is 12.1 Å². The minimum Gasteiger partial charge on any atom is -0.454 e. The molecule has 1 aromatic rings. The predicted octanol–water partition coefficient (Wildman–Crippen LogP) is 3.40. The van der Waals surface area contributed by atoms with Crippen molar-refractivity contribution in [1.29, 1.82) is 0 Å². The molecule has 1 aromatic carbocycles. The van der Waals surface area contributed by atoms with Crippen LogP contribution in [0.1, 0.15) is 29.8 Å². The van der Waals surface area contributed by atoms with Crippen molar-refractivity contribution in [2.75, 3.05) is 6.61 Å². The highest BCUT2D eigenvalue weighted by Crippen LogP contribution is 2.29. The fourth-order valence-electron chi connectivity index (χ4n) is 1.34. The van der Waals surface area contributed by atoms with E-state index in [1.807, 2.05) is 0 Å². The number of rotatable bonds is 4. The third-order valence-electron chi connectivity index (χ3n) is 2.29. The molecule has 0 heterocycles. The van der Waals surface area contributed by atoms with Gasteiger partial charge in [-0.2, -0.15) is 13.2 Å². The van der Waals surface area contributed by atoms with E-state index in [2.05, 4.69) is 4.74 Å². The van der Waals surface area contributed by atoms with Gasteiger partial charge in [0.1, 0.15) is 0 Å². The van der Waals surface area contributed by atoms with E-state index in [0.717, 1.165) is 29.8 Å². The molecule has 0 radical (unpaired) electrons. The summed E-state index contributed by atoms with van der Waals surface area (Å²) in [5.74, 6) is -1.22. The first-order valence-corrected chi connectivity index (χ1v) is 5.72. The molecule has 0 fully saturated rings. The van der Waals surface area contributed by atoms with E-state index in [1.165, 1.54) is 6.08 Å². The second-order valence-electron chi connectivity index (χ2n) is 4.33. The second-order valence-corrected chi connectivity index (χ2v) is 4.33. The molecule has 0 aliphatic heterocycles. The van der Waals surface area contributed by atoms with Gasteiger partial charge < -0.3 is 4.74 Å². The number of hydrogen-bond donors (Lipinski definition) is 0. The molecular formula is C14H13F3O3. The van der Waals surface area contributed by atoms with Gasteiger partial charge in [-0.25, -0.2) is 4.79 Å². The van der Waals surface area contributed by atoms with E-state index in [4.69, 9.17) is 0 Å². The number of alkyl halides is 3. The quantitative estimate of drug-likeness (QED) is 0.484. The maximum Gasteiger partial charge on any atom is 0.416 e. The summed E-state index contributed by atoms with van der Waals surface area (Å²) in [5, 5.41) is 0. The highest BCUT2D eigenvalue weighted by molar-refractivity contribution is 5.98. The highest BCUT2D eigenvalue weighted by atomic mass is 19.4. The number of benzene rings is 1. The zero-order chi connectivity index (χ0) is 15.3. The van der Waals surface area contributed by atoms with Crippen molar-refractivity contribution in [3.8, 4) is 0 Å². The minimum absolute atomic E-state index is 0.0583. The van der Waals surface area contributed by atoms with Crippen LogP contribution in [0.2, 0.25) is 0 Å². The van der Waals surface area contributed by atoms with Crippen LogP contribution in [0.3, 0.4) is 0 Å². The summed E-state index contributed by atoms with van der Waals surface area (Å²) < 4.78 is 41.7. The Labute approximate surface area is 114 Å². The van der Waals surface area contributed by atoms with Gasteiger partial charge in [-0.05, 0) is 26.0 Å². The number of ketones is 1. The molecule has 0 atom stereocenters. The van der Waals surface area contributed by atoms with Gasteiger partial charge in [0.05, 0.1) is 5.56 Å². The van der Waals surface area contributed by atoms with Crippen LogP contribution < -0.4 is 0 Å². The number of esters is 1. The number of hydrogen-bond acceptors (Lipinski definition) is 3. The van der Waals surface area contributed by atoms with Crippen LogP contribution in [0.5, 0.6) is 0 Å². The number of ether oxygens (including phenoxy) is 1. The van der Waals surface area contributed by atoms with E-state index in [0.29, 0.717) is 0 Å². The second kappa shape index (κ2) is 6.36. The number of allylic oxidation sites excluding steroid dienone is 1. The molecular weight excluding hydrogens is 273 g/mol. The van der Waals surface area contributed by atoms with Crippen molar-refractivity contribution in [2.24, 2.45) is 0 Å². The van der Waals surface area contributed by atoms with E-state index in [-0.39, 0.29) is 5.56 Å². The molecule has 6 heteroatoms. The van der Waals surface area contributed by atoms with Crippen molar-refractivity contribution in [2.45, 2.75) is 20.0 Å². The number of carbonyl (C=O) groups is 2. The van der Waals surface area contributed by atoms with Crippen molar-refractivity contribution in [1.82, 2.24) is 0 Å². The van der Waals surface area contributed by atoms with Crippen LogP contribution in [0.25, 0.3) is 0 Å². The minimum atomic E-state index is -4.45. The van der Waals surface area contributed by atoms with Crippen LogP contribution in [-0.2, 0) is 15.7 Å². The van der Waals surface area contributed by atoms with Crippen LogP contribution >= 0.6 is 0 Å². The Morgan fingerprint density at radius 3 is 2.15 bits per heavy atom. The van der Waals surface area contributed by atoms with E-state index in [9.17, 15) is 22.8 Å². The van der Waals surface area contributed by atoms with Gasteiger partial charge in [0.25, 0.3) is 0 Å². The van der Waals surface area contributed by atoms with Gasteiger partial charge in [-0.15, -0.1) is 0 Å². The summed E-state index contributed by atoms with van der Waals surface area (Å²) in [6.45, 7) is 2.88. The Bertz CT molecular complexity index is 524. The van der Waals surface area contributed by atoms with E-state index < -0.39 is 30.1 Å². The maximum absolute atomic E-state index is 12.3. The Morgan fingerprint density at radius 1 is 1.15 bits per heavy atom. The van der Waals surface area contributed by atoms with Crippen LogP contribution in [0.15, 0.2) is 35.9 Å². The summed E-state index contributed by atoms with van der Waals surface area (Å²) in [5.41, 5.74) is -0.0597. The molecule has 3 nitrogen and oxygen atoms in total. The summed E-state index contributed by atoms with van der Waals surface area (Å²) in [6.07, 6.45) is -3.22. The van der Waals surface area contributed by atoms with Crippen molar-refractivity contribution < 1.29 is 27.5 Å². The third-order valence-corrected chi connectivity index (χ3v) is 2.29. The Kier molecular flexibility index (Phi) is 5.07. The first-order chi connectivity index (χ1) is 9.20. The zero-order valence-corrected chi connectivity index (χ0v) is 11.0. The molecule has 0 aromatic heterocycles. The van der Waals surface area contributed by atoms with Gasteiger partial charge in [0.2, 0.25) is 0 Å². The molecule has 0 amide bonds. The lowest BCUT2D eigenvalue weighted by molar-refractivity contribution is -0.138. The summed E-state index contributed by atoms with van der Waals surface area (Å²) in [6, 6.07) is 3.73. The number of Topliss-reactive ketones (excluding diaryl/α,β-unsaturated/α-hetero) is 1. The van der Waals surface area contributed by atoms with Crippen LogP contribution in [0, 0.1) is 0 Å². The number of carbonyl (C=O) groups excluding carboxylic acids is 2.